The molecule has 1 amide bonds. The fourth-order valence-electron chi connectivity index (χ4n) is 3.33. The Bertz CT molecular complexity index is 1030. The maximum Gasteiger partial charge on any atom is 0.256 e. The van der Waals surface area contributed by atoms with Crippen LogP contribution in [0.1, 0.15) is 28.9 Å². The molecule has 0 bridgehead atoms. The van der Waals surface area contributed by atoms with Crippen molar-refractivity contribution in [3.63, 3.8) is 0 Å². The molecule has 0 aliphatic carbocycles. The number of anilines is 1. The number of fused-ring (bicyclic) bond motifs is 1. The summed E-state index contributed by atoms with van der Waals surface area (Å²) in [6.45, 7) is -0.139. The molecule has 0 spiro atoms. The standard InChI is InChI=1S/C19H17N5O3/c20-11-19(9-8-14(10-25)27-19)16-7-6-15-17(21-12-22-24(15)16)23-18(26)13-4-2-1-3-5-13/h1-7,12,14,25H,8-10H2,(H,21,22,23,26). The van der Waals surface area contributed by atoms with Crippen molar-refractivity contribution in [1.82, 2.24) is 14.6 Å². The van der Waals surface area contributed by atoms with Crippen LogP contribution in [0, 0.1) is 11.3 Å². The number of nitrogens with one attached hydrogen (secondary N) is 1. The number of hydrogen-bond acceptors (Lipinski definition) is 6. The minimum absolute atomic E-state index is 0.139. The predicted octanol–water partition coefficient (Wildman–Crippen LogP) is 1.87. The zero-order valence-electron chi connectivity index (χ0n) is 14.4. The van der Waals surface area contributed by atoms with Crippen molar-refractivity contribution in [2.45, 2.75) is 24.5 Å². The third-order valence-electron chi connectivity index (χ3n) is 4.70. The molecule has 8 heteroatoms. The lowest BCUT2D eigenvalue weighted by Gasteiger charge is -2.21. The van der Waals surface area contributed by atoms with E-state index in [0.717, 1.165) is 0 Å². The smallest absolute Gasteiger partial charge is 0.256 e. The van der Waals surface area contributed by atoms with Crippen molar-refractivity contribution in [1.29, 1.82) is 5.26 Å². The summed E-state index contributed by atoms with van der Waals surface area (Å²) in [5.74, 6) is 0.0568. The second-order valence-corrected chi connectivity index (χ2v) is 6.34. The van der Waals surface area contributed by atoms with Crippen LogP contribution in [0.3, 0.4) is 0 Å². The lowest BCUT2D eigenvalue weighted by molar-refractivity contribution is -0.0324. The molecule has 8 nitrogen and oxygen atoms in total. The van der Waals surface area contributed by atoms with E-state index in [-0.39, 0.29) is 18.6 Å². The van der Waals surface area contributed by atoms with Crippen molar-refractivity contribution in [2.75, 3.05) is 11.9 Å². The molecular formula is C19H17N5O3. The Labute approximate surface area is 155 Å². The van der Waals surface area contributed by atoms with Gasteiger partial charge in [0.2, 0.25) is 0 Å². The zero-order valence-corrected chi connectivity index (χ0v) is 14.4. The summed E-state index contributed by atoms with van der Waals surface area (Å²) < 4.78 is 7.36. The van der Waals surface area contributed by atoms with Gasteiger partial charge in [-0.15, -0.1) is 0 Å². The summed E-state index contributed by atoms with van der Waals surface area (Å²) in [7, 11) is 0. The Hall–Kier alpha value is -3.28. The summed E-state index contributed by atoms with van der Waals surface area (Å²) in [6.07, 6.45) is 1.98. The molecule has 1 saturated heterocycles. The molecule has 2 N–H and O–H groups in total. The van der Waals surface area contributed by atoms with E-state index >= 15 is 0 Å². The lowest BCUT2D eigenvalue weighted by atomic mass is 9.98. The first-order valence-corrected chi connectivity index (χ1v) is 8.56. The van der Waals surface area contributed by atoms with E-state index in [1.165, 1.54) is 6.33 Å². The lowest BCUT2D eigenvalue weighted by Crippen LogP contribution is -2.28. The molecule has 27 heavy (non-hydrogen) atoms. The monoisotopic (exact) mass is 363 g/mol. The van der Waals surface area contributed by atoms with Crippen LogP contribution >= 0.6 is 0 Å². The highest BCUT2D eigenvalue weighted by Crippen LogP contribution is 2.39. The molecule has 3 aromatic rings. The summed E-state index contributed by atoms with van der Waals surface area (Å²) in [5.41, 5.74) is 0.435. The summed E-state index contributed by atoms with van der Waals surface area (Å²) in [4.78, 5) is 16.6. The maximum absolute atomic E-state index is 12.4. The van der Waals surface area contributed by atoms with Gasteiger partial charge < -0.3 is 15.2 Å². The number of carbonyl (C=O) groups is 1. The number of carbonyl (C=O) groups excluding carboxylic acids is 1. The van der Waals surface area contributed by atoms with Crippen LogP contribution in [-0.2, 0) is 10.3 Å². The Kier molecular flexibility index (Phi) is 4.32. The van der Waals surface area contributed by atoms with E-state index in [1.54, 1.807) is 40.9 Å². The van der Waals surface area contributed by atoms with Gasteiger partial charge in [-0.25, -0.2) is 9.50 Å². The van der Waals surface area contributed by atoms with Gasteiger partial charge in [0.15, 0.2) is 11.4 Å². The van der Waals surface area contributed by atoms with Gasteiger partial charge in [0.25, 0.3) is 5.91 Å². The second kappa shape index (κ2) is 6.79. The quantitative estimate of drug-likeness (QED) is 0.732. The summed E-state index contributed by atoms with van der Waals surface area (Å²) in [6, 6.07) is 14.5. The second-order valence-electron chi connectivity index (χ2n) is 6.34. The average molecular weight is 363 g/mol. The fraction of sp³-hybridized carbons (Fsp3) is 0.263. The van der Waals surface area contributed by atoms with Crippen LogP contribution in [-0.4, -0.2) is 38.3 Å². The number of hydrogen-bond donors (Lipinski definition) is 2. The molecule has 2 unspecified atom stereocenters. The van der Waals surface area contributed by atoms with E-state index < -0.39 is 5.60 Å². The Morgan fingerprint density at radius 3 is 2.89 bits per heavy atom. The van der Waals surface area contributed by atoms with Crippen LogP contribution in [0.4, 0.5) is 5.82 Å². The summed E-state index contributed by atoms with van der Waals surface area (Å²) in [5, 5.41) is 26.1. The fourth-order valence-corrected chi connectivity index (χ4v) is 3.33. The third-order valence-corrected chi connectivity index (χ3v) is 4.70. The number of amides is 1. The first-order valence-electron chi connectivity index (χ1n) is 8.56. The molecule has 1 aliphatic rings. The van der Waals surface area contributed by atoms with Crippen LogP contribution in [0.2, 0.25) is 0 Å². The van der Waals surface area contributed by atoms with Gasteiger partial charge in [-0.1, -0.05) is 18.2 Å². The molecule has 2 aromatic heterocycles. The largest absolute Gasteiger partial charge is 0.394 e. The molecule has 136 valence electrons. The van der Waals surface area contributed by atoms with Gasteiger partial charge >= 0.3 is 0 Å². The van der Waals surface area contributed by atoms with E-state index in [0.29, 0.717) is 35.4 Å². The highest BCUT2D eigenvalue weighted by Gasteiger charge is 2.44. The normalized spacial score (nSPS) is 21.9. The van der Waals surface area contributed by atoms with Crippen molar-refractivity contribution in [3.05, 3.63) is 60.0 Å². The minimum Gasteiger partial charge on any atom is -0.394 e. The Morgan fingerprint density at radius 1 is 1.37 bits per heavy atom. The van der Waals surface area contributed by atoms with E-state index in [1.807, 2.05) is 6.07 Å². The number of nitriles is 1. The SMILES string of the molecule is N#CC1(c2ccc3c(NC(=O)c4ccccc4)ncnn23)CCC(CO)O1. The van der Waals surface area contributed by atoms with Gasteiger partial charge in [-0.2, -0.15) is 10.4 Å². The van der Waals surface area contributed by atoms with Crippen molar-refractivity contribution in [2.24, 2.45) is 0 Å². The van der Waals surface area contributed by atoms with Gasteiger partial charge in [-0.3, -0.25) is 4.79 Å². The van der Waals surface area contributed by atoms with Crippen molar-refractivity contribution in [3.8, 4) is 6.07 Å². The highest BCUT2D eigenvalue weighted by atomic mass is 16.5. The van der Waals surface area contributed by atoms with Crippen LogP contribution < -0.4 is 5.32 Å². The number of rotatable bonds is 4. The molecular weight excluding hydrogens is 346 g/mol. The first kappa shape index (κ1) is 17.1. The molecule has 3 heterocycles. The zero-order chi connectivity index (χ0) is 18.9. The third kappa shape index (κ3) is 2.93. The Balaban J connectivity index is 1.70. The number of nitrogens with zero attached hydrogens (tertiary/aromatic N) is 4. The van der Waals surface area contributed by atoms with E-state index in [2.05, 4.69) is 21.5 Å². The minimum atomic E-state index is -1.19. The topological polar surface area (TPSA) is 113 Å². The number of benzene rings is 1. The molecule has 4 rings (SSSR count). The number of ether oxygens (including phenoxy) is 1. The molecule has 2 atom stereocenters. The average Bonchev–Trinajstić information content (AvgIpc) is 3.34. The van der Waals surface area contributed by atoms with Crippen LogP contribution in [0.15, 0.2) is 48.8 Å². The number of aliphatic hydroxyl groups excluding tert-OH is 1. The summed E-state index contributed by atoms with van der Waals surface area (Å²) >= 11 is 0. The van der Waals surface area contributed by atoms with Crippen LogP contribution in [0.5, 0.6) is 0 Å². The van der Waals surface area contributed by atoms with Gasteiger partial charge in [0.1, 0.15) is 17.9 Å². The van der Waals surface area contributed by atoms with Crippen LogP contribution in [0.25, 0.3) is 5.52 Å². The van der Waals surface area contributed by atoms with E-state index in [4.69, 9.17) is 4.74 Å². The molecule has 1 aromatic carbocycles. The number of aliphatic hydroxyl groups is 1. The highest BCUT2D eigenvalue weighted by molar-refractivity contribution is 6.05. The van der Waals surface area contributed by atoms with Gasteiger partial charge in [0, 0.05) is 5.56 Å². The molecule has 1 aliphatic heterocycles. The van der Waals surface area contributed by atoms with Gasteiger partial charge in [0.05, 0.1) is 18.4 Å². The molecule has 0 radical (unpaired) electrons. The predicted molar refractivity (Wildman–Crippen MR) is 95.9 cm³/mol. The van der Waals surface area contributed by atoms with Crippen molar-refractivity contribution >= 4 is 17.2 Å². The maximum atomic E-state index is 12.4. The van der Waals surface area contributed by atoms with Gasteiger partial charge in [-0.05, 0) is 37.1 Å². The first-order chi connectivity index (χ1) is 13.2. The van der Waals surface area contributed by atoms with Crippen molar-refractivity contribution < 1.29 is 14.6 Å². The Morgan fingerprint density at radius 2 is 2.19 bits per heavy atom. The van der Waals surface area contributed by atoms with E-state index in [9.17, 15) is 15.2 Å². The number of aromatic nitrogens is 3. The molecule has 0 saturated carbocycles. The molecule has 1 fully saturated rings.